The van der Waals surface area contributed by atoms with E-state index >= 15 is 0 Å². The molecule has 3 heteroatoms. The van der Waals surface area contributed by atoms with Crippen LogP contribution in [0.25, 0.3) is 0 Å². The van der Waals surface area contributed by atoms with E-state index in [0.29, 0.717) is 11.7 Å². The molecule has 16 heavy (non-hydrogen) atoms. The molecule has 0 spiro atoms. The van der Waals surface area contributed by atoms with Crippen LogP contribution in [0.2, 0.25) is 0 Å². The first kappa shape index (κ1) is 11.4. The minimum atomic E-state index is -0.826. The van der Waals surface area contributed by atoms with Crippen molar-refractivity contribution in [1.29, 1.82) is 0 Å². The number of carbonyl (C=O) groups is 1. The van der Waals surface area contributed by atoms with Crippen molar-refractivity contribution >= 4 is 5.97 Å². The van der Waals surface area contributed by atoms with Gasteiger partial charge in [-0.05, 0) is 18.8 Å². The van der Waals surface area contributed by atoms with Gasteiger partial charge in [-0.25, -0.2) is 4.79 Å². The lowest BCUT2D eigenvalue weighted by molar-refractivity contribution is -0.134. The van der Waals surface area contributed by atoms with E-state index in [0.717, 1.165) is 12.8 Å². The molecule has 0 saturated heterocycles. The Kier molecular flexibility index (Phi) is 3.15. The van der Waals surface area contributed by atoms with Gasteiger partial charge < -0.3 is 9.84 Å². The predicted molar refractivity (Wildman–Crippen MR) is 61.1 cm³/mol. The molecule has 88 valence electrons. The molecule has 0 heterocycles. The molecule has 0 amide bonds. The Morgan fingerprint density at radius 3 is 2.69 bits per heavy atom. The summed E-state index contributed by atoms with van der Waals surface area (Å²) in [7, 11) is 0. The van der Waals surface area contributed by atoms with Crippen LogP contribution in [0, 0.1) is 11.8 Å². The molecule has 2 aliphatic rings. The maximum absolute atomic E-state index is 11.2. The maximum atomic E-state index is 11.2. The van der Waals surface area contributed by atoms with Crippen LogP contribution in [0.15, 0.2) is 23.8 Å². The van der Waals surface area contributed by atoms with E-state index < -0.39 is 5.97 Å². The molecule has 1 N–H and O–H groups in total. The van der Waals surface area contributed by atoms with Crippen LogP contribution in [0.3, 0.4) is 0 Å². The first-order valence-electron chi connectivity index (χ1n) is 5.86. The van der Waals surface area contributed by atoms with E-state index in [4.69, 9.17) is 9.84 Å². The molecule has 1 fully saturated rings. The van der Waals surface area contributed by atoms with E-state index in [2.05, 4.69) is 0 Å². The third-order valence-electron chi connectivity index (χ3n) is 3.13. The summed E-state index contributed by atoms with van der Waals surface area (Å²) in [6, 6.07) is 0. The average Bonchev–Trinajstić information content (AvgIpc) is 3.00. The summed E-state index contributed by atoms with van der Waals surface area (Å²) in [4.78, 5) is 11.2. The zero-order chi connectivity index (χ0) is 11.7. The number of hydrogen-bond acceptors (Lipinski definition) is 2. The number of carboxylic acid groups (broad SMARTS) is 1. The Bertz CT molecular complexity index is 337. The highest BCUT2D eigenvalue weighted by Gasteiger charge is 2.36. The van der Waals surface area contributed by atoms with Gasteiger partial charge in [0.2, 0.25) is 0 Å². The molecule has 2 unspecified atom stereocenters. The minimum absolute atomic E-state index is 0.0249. The number of carboxylic acids is 1. The van der Waals surface area contributed by atoms with Gasteiger partial charge in [-0.15, -0.1) is 0 Å². The van der Waals surface area contributed by atoms with Crippen LogP contribution in [0.1, 0.15) is 26.7 Å². The lowest BCUT2D eigenvalue weighted by atomic mass is 9.80. The van der Waals surface area contributed by atoms with Crippen molar-refractivity contribution in [3.05, 3.63) is 23.8 Å². The van der Waals surface area contributed by atoms with Crippen molar-refractivity contribution in [2.24, 2.45) is 11.8 Å². The highest BCUT2D eigenvalue weighted by atomic mass is 16.5. The Labute approximate surface area is 95.8 Å². The molecule has 3 nitrogen and oxygen atoms in total. The van der Waals surface area contributed by atoms with Gasteiger partial charge in [0.05, 0.1) is 12.2 Å². The van der Waals surface area contributed by atoms with Crippen molar-refractivity contribution in [3.8, 4) is 0 Å². The fourth-order valence-corrected chi connectivity index (χ4v) is 2.19. The van der Waals surface area contributed by atoms with Gasteiger partial charge in [0, 0.05) is 11.5 Å². The largest absolute Gasteiger partial charge is 0.478 e. The smallest absolute Gasteiger partial charge is 0.331 e. The molecule has 0 aromatic rings. The zero-order valence-corrected chi connectivity index (χ0v) is 9.72. The standard InChI is InChI=1S/C13H18O3/c1-8(2)12-10(13(14)15)4-3-5-11(12)16-9-6-7-9/h3-5,8-9,11-12H,6-7H2,1-2H3,(H,14,15). The molecule has 2 rings (SSSR count). The van der Waals surface area contributed by atoms with Gasteiger partial charge in [-0.1, -0.05) is 32.1 Å². The molecule has 2 aliphatic carbocycles. The van der Waals surface area contributed by atoms with Crippen LogP contribution in [0.5, 0.6) is 0 Å². The maximum Gasteiger partial charge on any atom is 0.331 e. The van der Waals surface area contributed by atoms with Gasteiger partial charge >= 0.3 is 5.97 Å². The van der Waals surface area contributed by atoms with Crippen LogP contribution >= 0.6 is 0 Å². The van der Waals surface area contributed by atoms with E-state index in [1.54, 1.807) is 12.2 Å². The van der Waals surface area contributed by atoms with Gasteiger partial charge in [0.15, 0.2) is 0 Å². The normalized spacial score (nSPS) is 29.3. The summed E-state index contributed by atoms with van der Waals surface area (Å²) in [6.45, 7) is 4.09. The second-order valence-electron chi connectivity index (χ2n) is 4.88. The van der Waals surface area contributed by atoms with Crippen molar-refractivity contribution < 1.29 is 14.6 Å². The molecule has 1 saturated carbocycles. The summed E-state index contributed by atoms with van der Waals surface area (Å²) >= 11 is 0. The van der Waals surface area contributed by atoms with Gasteiger partial charge in [-0.3, -0.25) is 0 Å². The van der Waals surface area contributed by atoms with Gasteiger partial charge in [0.1, 0.15) is 0 Å². The number of allylic oxidation sites excluding steroid dienone is 2. The average molecular weight is 222 g/mol. The van der Waals surface area contributed by atoms with Gasteiger partial charge in [0.25, 0.3) is 0 Å². The number of rotatable bonds is 4. The first-order chi connectivity index (χ1) is 7.59. The lowest BCUT2D eigenvalue weighted by Crippen LogP contribution is -2.33. The predicted octanol–water partition coefficient (Wildman–Crippen LogP) is 2.39. The Morgan fingerprint density at radius 1 is 1.50 bits per heavy atom. The summed E-state index contributed by atoms with van der Waals surface area (Å²) < 4.78 is 5.87. The van der Waals surface area contributed by atoms with Crippen molar-refractivity contribution in [2.75, 3.05) is 0 Å². The van der Waals surface area contributed by atoms with E-state index in [-0.39, 0.29) is 17.9 Å². The van der Waals surface area contributed by atoms with Crippen LogP contribution in [0.4, 0.5) is 0 Å². The summed E-state index contributed by atoms with van der Waals surface area (Å²) in [5.74, 6) is -0.577. The van der Waals surface area contributed by atoms with E-state index in [1.165, 1.54) is 0 Å². The fourth-order valence-electron chi connectivity index (χ4n) is 2.19. The third-order valence-corrected chi connectivity index (χ3v) is 3.13. The Hall–Kier alpha value is -1.09. The lowest BCUT2D eigenvalue weighted by Gasteiger charge is -2.30. The Morgan fingerprint density at radius 2 is 2.19 bits per heavy atom. The number of hydrogen-bond donors (Lipinski definition) is 1. The van der Waals surface area contributed by atoms with Crippen molar-refractivity contribution in [1.82, 2.24) is 0 Å². The van der Waals surface area contributed by atoms with E-state index in [1.807, 2.05) is 19.9 Å². The summed E-state index contributed by atoms with van der Waals surface area (Å²) in [5, 5.41) is 9.17. The highest BCUT2D eigenvalue weighted by Crippen LogP contribution is 2.35. The number of ether oxygens (including phenoxy) is 1. The molecule has 0 radical (unpaired) electrons. The SMILES string of the molecule is CC(C)C1C(C(=O)O)=CC=CC1OC1CC1. The minimum Gasteiger partial charge on any atom is -0.478 e. The molecular weight excluding hydrogens is 204 g/mol. The molecule has 2 atom stereocenters. The third kappa shape index (κ3) is 2.35. The zero-order valence-electron chi connectivity index (χ0n) is 9.72. The van der Waals surface area contributed by atoms with Crippen molar-refractivity contribution in [2.45, 2.75) is 38.9 Å². The molecule has 0 aliphatic heterocycles. The monoisotopic (exact) mass is 222 g/mol. The van der Waals surface area contributed by atoms with Crippen molar-refractivity contribution in [3.63, 3.8) is 0 Å². The van der Waals surface area contributed by atoms with Gasteiger partial charge in [-0.2, -0.15) is 0 Å². The summed E-state index contributed by atoms with van der Waals surface area (Å²) in [5.41, 5.74) is 0.475. The quantitative estimate of drug-likeness (QED) is 0.794. The Balaban J connectivity index is 2.16. The van der Waals surface area contributed by atoms with Crippen LogP contribution < -0.4 is 0 Å². The summed E-state index contributed by atoms with van der Waals surface area (Å²) in [6.07, 6.45) is 7.99. The number of aliphatic carboxylic acids is 1. The second-order valence-corrected chi connectivity index (χ2v) is 4.88. The fraction of sp³-hybridized carbons (Fsp3) is 0.615. The van der Waals surface area contributed by atoms with Crippen LogP contribution in [-0.2, 0) is 9.53 Å². The molecule has 0 aromatic carbocycles. The molecular formula is C13H18O3. The second kappa shape index (κ2) is 4.42. The topological polar surface area (TPSA) is 46.5 Å². The highest BCUT2D eigenvalue weighted by molar-refractivity contribution is 5.88. The molecule has 0 aromatic heterocycles. The van der Waals surface area contributed by atoms with Crippen LogP contribution in [-0.4, -0.2) is 23.3 Å². The molecule has 0 bridgehead atoms. The first-order valence-corrected chi connectivity index (χ1v) is 5.86. The van der Waals surface area contributed by atoms with E-state index in [9.17, 15) is 4.79 Å².